The number of amides is 1. The lowest BCUT2D eigenvalue weighted by Gasteiger charge is -2.22. The van der Waals surface area contributed by atoms with E-state index < -0.39 is 0 Å². The maximum Gasteiger partial charge on any atom is 0.223 e. The first-order chi connectivity index (χ1) is 11.2. The van der Waals surface area contributed by atoms with Gasteiger partial charge in [0.05, 0.1) is 7.11 Å². The summed E-state index contributed by atoms with van der Waals surface area (Å²) in [7, 11) is 3.79. The van der Waals surface area contributed by atoms with Crippen molar-refractivity contribution in [3.63, 3.8) is 0 Å². The molecule has 1 atom stereocenters. The number of nitrogens with zero attached hydrogens (tertiary/aromatic N) is 1. The topological polar surface area (TPSA) is 69.3 Å². The number of rotatable bonds is 5. The fourth-order valence-corrected chi connectivity index (χ4v) is 3.57. The summed E-state index contributed by atoms with van der Waals surface area (Å²) >= 11 is 0. The molecule has 1 unspecified atom stereocenters. The van der Waals surface area contributed by atoms with Gasteiger partial charge >= 0.3 is 0 Å². The minimum atomic E-state index is 0.0528. The van der Waals surface area contributed by atoms with Crippen molar-refractivity contribution in [2.24, 2.45) is 18.7 Å². The summed E-state index contributed by atoms with van der Waals surface area (Å²) in [5, 5.41) is 4.22. The van der Waals surface area contributed by atoms with Crippen LogP contribution in [0.1, 0.15) is 24.1 Å². The SMILES string of the molecule is COc1ccc2c(c1)c1c(n2C)CCC(C(=O)NCCCN)C1. The Morgan fingerprint density at radius 1 is 1.48 bits per heavy atom. The van der Waals surface area contributed by atoms with Gasteiger partial charge in [0.2, 0.25) is 5.91 Å². The average molecular weight is 315 g/mol. The van der Waals surface area contributed by atoms with Crippen LogP contribution >= 0.6 is 0 Å². The average Bonchev–Trinajstić information content (AvgIpc) is 2.86. The molecule has 0 saturated heterocycles. The highest BCUT2D eigenvalue weighted by atomic mass is 16.5. The first-order valence-corrected chi connectivity index (χ1v) is 8.27. The van der Waals surface area contributed by atoms with E-state index >= 15 is 0 Å². The number of hydrogen-bond acceptors (Lipinski definition) is 3. The van der Waals surface area contributed by atoms with Gasteiger partial charge in [-0.1, -0.05) is 0 Å². The van der Waals surface area contributed by atoms with Gasteiger partial charge in [-0.15, -0.1) is 0 Å². The van der Waals surface area contributed by atoms with Crippen LogP contribution in [-0.2, 0) is 24.7 Å². The molecule has 0 radical (unpaired) electrons. The summed E-state index contributed by atoms with van der Waals surface area (Å²) in [5.41, 5.74) is 9.34. The Labute approximate surface area is 136 Å². The molecule has 1 aromatic heterocycles. The van der Waals surface area contributed by atoms with Gasteiger partial charge in [0.15, 0.2) is 0 Å². The van der Waals surface area contributed by atoms with E-state index in [0.29, 0.717) is 13.1 Å². The van der Waals surface area contributed by atoms with Crippen LogP contribution in [-0.4, -0.2) is 30.7 Å². The number of hydrogen-bond donors (Lipinski definition) is 2. The van der Waals surface area contributed by atoms with Crippen LogP contribution in [0.4, 0.5) is 0 Å². The molecule has 3 N–H and O–H groups in total. The minimum absolute atomic E-state index is 0.0528. The second-order valence-electron chi connectivity index (χ2n) is 6.24. The first kappa shape index (κ1) is 15.9. The van der Waals surface area contributed by atoms with Gasteiger partial charge in [-0.3, -0.25) is 4.79 Å². The van der Waals surface area contributed by atoms with Crippen LogP contribution in [0.5, 0.6) is 5.75 Å². The highest BCUT2D eigenvalue weighted by molar-refractivity contribution is 5.88. The Morgan fingerprint density at radius 2 is 2.30 bits per heavy atom. The third-order valence-electron chi connectivity index (χ3n) is 4.87. The second-order valence-corrected chi connectivity index (χ2v) is 6.24. The van der Waals surface area contributed by atoms with Crippen molar-refractivity contribution < 1.29 is 9.53 Å². The number of carbonyl (C=O) groups excluding carboxylic acids is 1. The largest absolute Gasteiger partial charge is 0.497 e. The number of nitrogens with one attached hydrogen (secondary N) is 1. The Balaban J connectivity index is 1.87. The molecule has 1 aromatic carbocycles. The summed E-state index contributed by atoms with van der Waals surface area (Å²) in [6, 6.07) is 6.18. The number of nitrogens with two attached hydrogens (primary N) is 1. The summed E-state index contributed by atoms with van der Waals surface area (Å²) < 4.78 is 7.62. The van der Waals surface area contributed by atoms with Gasteiger partial charge < -0.3 is 20.4 Å². The quantitative estimate of drug-likeness (QED) is 0.826. The molecule has 0 fully saturated rings. The Kier molecular flexibility index (Phi) is 4.57. The monoisotopic (exact) mass is 315 g/mol. The molecule has 2 aromatic rings. The van der Waals surface area contributed by atoms with E-state index in [9.17, 15) is 4.79 Å². The highest BCUT2D eigenvalue weighted by Crippen LogP contribution is 2.35. The zero-order valence-corrected chi connectivity index (χ0v) is 13.9. The fraction of sp³-hybridized carbons (Fsp3) is 0.500. The molecule has 3 rings (SSSR count). The normalized spacial score (nSPS) is 17.1. The predicted octanol–water partition coefficient (Wildman–Crippen LogP) is 1.76. The van der Waals surface area contributed by atoms with Crippen molar-refractivity contribution in [1.29, 1.82) is 0 Å². The van der Waals surface area contributed by atoms with Gasteiger partial charge in [0, 0.05) is 36.1 Å². The maximum absolute atomic E-state index is 12.4. The van der Waals surface area contributed by atoms with Crippen molar-refractivity contribution in [2.75, 3.05) is 20.2 Å². The van der Waals surface area contributed by atoms with Crippen molar-refractivity contribution >= 4 is 16.8 Å². The fourth-order valence-electron chi connectivity index (χ4n) is 3.57. The van der Waals surface area contributed by atoms with Crippen molar-refractivity contribution in [3.05, 3.63) is 29.5 Å². The number of methoxy groups -OCH3 is 1. The molecule has 0 aliphatic heterocycles. The lowest BCUT2D eigenvalue weighted by molar-refractivity contribution is -0.125. The predicted molar refractivity (Wildman–Crippen MR) is 91.7 cm³/mol. The molecule has 124 valence electrons. The Morgan fingerprint density at radius 3 is 3.04 bits per heavy atom. The van der Waals surface area contributed by atoms with E-state index in [1.165, 1.54) is 22.2 Å². The summed E-state index contributed by atoms with van der Waals surface area (Å²) in [4.78, 5) is 12.4. The van der Waals surface area contributed by atoms with Crippen LogP contribution in [0.25, 0.3) is 10.9 Å². The molecule has 1 aliphatic carbocycles. The molecule has 0 spiro atoms. The van der Waals surface area contributed by atoms with E-state index in [2.05, 4.69) is 29.1 Å². The minimum Gasteiger partial charge on any atom is -0.497 e. The molecule has 1 amide bonds. The van der Waals surface area contributed by atoms with E-state index in [-0.39, 0.29) is 11.8 Å². The van der Waals surface area contributed by atoms with E-state index in [0.717, 1.165) is 31.4 Å². The molecular formula is C18H25N3O2. The molecule has 23 heavy (non-hydrogen) atoms. The van der Waals surface area contributed by atoms with Crippen molar-refractivity contribution in [2.45, 2.75) is 25.7 Å². The van der Waals surface area contributed by atoms with Gasteiger partial charge in [-0.2, -0.15) is 0 Å². The van der Waals surface area contributed by atoms with Gasteiger partial charge in [-0.05, 0) is 56.0 Å². The second kappa shape index (κ2) is 6.62. The Bertz CT molecular complexity index is 721. The highest BCUT2D eigenvalue weighted by Gasteiger charge is 2.28. The standard InChI is InChI=1S/C18H25N3O2/c1-21-16-6-4-12(18(22)20-9-3-8-19)10-14(16)15-11-13(23-2)5-7-17(15)21/h5,7,11-12H,3-4,6,8-10,19H2,1-2H3,(H,20,22). The number of benzene rings is 1. The van der Waals surface area contributed by atoms with E-state index in [1.807, 2.05) is 6.07 Å². The zero-order valence-electron chi connectivity index (χ0n) is 13.9. The Hall–Kier alpha value is -2.01. The molecule has 1 heterocycles. The van der Waals surface area contributed by atoms with Gasteiger partial charge in [0.1, 0.15) is 5.75 Å². The number of aromatic nitrogens is 1. The number of aryl methyl sites for hydroxylation is 1. The van der Waals surface area contributed by atoms with Crippen LogP contribution < -0.4 is 15.8 Å². The molecule has 0 bridgehead atoms. The van der Waals surface area contributed by atoms with Crippen LogP contribution in [0.15, 0.2) is 18.2 Å². The number of fused-ring (bicyclic) bond motifs is 3. The number of ether oxygens (including phenoxy) is 1. The zero-order chi connectivity index (χ0) is 16.4. The van der Waals surface area contributed by atoms with Gasteiger partial charge in [-0.25, -0.2) is 0 Å². The third kappa shape index (κ3) is 2.93. The summed E-state index contributed by atoms with van der Waals surface area (Å²) in [5.74, 6) is 1.07. The van der Waals surface area contributed by atoms with Crippen LogP contribution in [0.2, 0.25) is 0 Å². The lowest BCUT2D eigenvalue weighted by atomic mass is 9.85. The first-order valence-electron chi connectivity index (χ1n) is 8.27. The molecular weight excluding hydrogens is 290 g/mol. The van der Waals surface area contributed by atoms with Crippen molar-refractivity contribution in [3.8, 4) is 5.75 Å². The summed E-state index contributed by atoms with van der Waals surface area (Å²) in [6.07, 6.45) is 3.48. The molecule has 5 heteroatoms. The lowest BCUT2D eigenvalue weighted by Crippen LogP contribution is -2.35. The molecule has 5 nitrogen and oxygen atoms in total. The molecule has 1 aliphatic rings. The van der Waals surface area contributed by atoms with E-state index in [4.69, 9.17) is 10.5 Å². The van der Waals surface area contributed by atoms with Crippen molar-refractivity contribution in [1.82, 2.24) is 9.88 Å². The van der Waals surface area contributed by atoms with E-state index in [1.54, 1.807) is 7.11 Å². The molecule has 0 saturated carbocycles. The van der Waals surface area contributed by atoms with Gasteiger partial charge in [0.25, 0.3) is 0 Å². The summed E-state index contributed by atoms with van der Waals surface area (Å²) in [6.45, 7) is 1.28. The van der Waals surface area contributed by atoms with Crippen LogP contribution in [0, 0.1) is 5.92 Å². The smallest absolute Gasteiger partial charge is 0.223 e. The third-order valence-corrected chi connectivity index (χ3v) is 4.87. The van der Waals surface area contributed by atoms with Crippen LogP contribution in [0.3, 0.4) is 0 Å². The maximum atomic E-state index is 12.4. The number of carbonyl (C=O) groups is 1.